The smallest absolute Gasteiger partial charge is 0.335 e. The number of hydrogen-bond donors (Lipinski definition) is 1. The molecule has 1 N–H and O–H groups in total. The van der Waals surface area contributed by atoms with Gasteiger partial charge in [-0.1, -0.05) is 5.21 Å². The van der Waals surface area contributed by atoms with Crippen molar-refractivity contribution in [3.8, 4) is 0 Å². The fourth-order valence-electron chi connectivity index (χ4n) is 2.18. The molecule has 1 aliphatic heterocycles. The van der Waals surface area contributed by atoms with Crippen LogP contribution in [0.1, 0.15) is 31.1 Å². The van der Waals surface area contributed by atoms with Crippen molar-refractivity contribution in [1.29, 1.82) is 0 Å². The molecule has 0 fully saturated rings. The molecule has 8 heteroatoms. The Morgan fingerprint density at radius 2 is 1.90 bits per heavy atom. The average Bonchev–Trinajstić information content (AvgIpc) is 3.06. The van der Waals surface area contributed by atoms with Crippen LogP contribution in [0.5, 0.6) is 0 Å². The molecular formula is C13H10N4O4. The number of hydrogen-bond acceptors (Lipinski definition) is 5. The first-order valence-corrected chi connectivity index (χ1v) is 6.15. The lowest BCUT2D eigenvalue weighted by Crippen LogP contribution is -2.33. The van der Waals surface area contributed by atoms with Gasteiger partial charge in [-0.05, 0) is 18.2 Å². The van der Waals surface area contributed by atoms with Gasteiger partial charge in [0.05, 0.1) is 29.4 Å². The van der Waals surface area contributed by atoms with E-state index in [1.807, 2.05) is 0 Å². The summed E-state index contributed by atoms with van der Waals surface area (Å²) in [4.78, 5) is 36.4. The summed E-state index contributed by atoms with van der Waals surface area (Å²) < 4.78 is 1.51. The third-order valence-corrected chi connectivity index (χ3v) is 3.24. The molecule has 8 nitrogen and oxygen atoms in total. The largest absolute Gasteiger partial charge is 0.478 e. The van der Waals surface area contributed by atoms with Gasteiger partial charge in [0.2, 0.25) is 0 Å². The van der Waals surface area contributed by atoms with Gasteiger partial charge in [0.1, 0.15) is 0 Å². The van der Waals surface area contributed by atoms with Crippen molar-refractivity contribution in [2.24, 2.45) is 0 Å². The number of carboxylic acids is 1. The number of nitrogens with zero attached hydrogens (tertiary/aromatic N) is 4. The zero-order valence-electron chi connectivity index (χ0n) is 10.8. The van der Waals surface area contributed by atoms with Crippen LogP contribution in [0, 0.1) is 0 Å². The Morgan fingerprint density at radius 3 is 2.57 bits per heavy atom. The Kier molecular flexibility index (Phi) is 2.98. The maximum absolute atomic E-state index is 12.2. The first-order valence-electron chi connectivity index (χ1n) is 6.15. The molecule has 0 radical (unpaired) electrons. The Hall–Kier alpha value is -3.03. The molecule has 106 valence electrons. The molecule has 2 aromatic rings. The van der Waals surface area contributed by atoms with E-state index in [9.17, 15) is 14.4 Å². The summed E-state index contributed by atoms with van der Waals surface area (Å²) in [5, 5.41) is 16.3. The van der Waals surface area contributed by atoms with Gasteiger partial charge >= 0.3 is 5.97 Å². The standard InChI is InChI=1S/C13H10N4O4/c18-11-9-2-1-8(13(20)21)7-10(9)12(19)17(11)6-5-16-4-3-14-15-16/h1-4,7H,5-6H2,(H,20,21). The highest BCUT2D eigenvalue weighted by atomic mass is 16.4. The Balaban J connectivity index is 1.84. The van der Waals surface area contributed by atoms with Gasteiger partial charge in [0.25, 0.3) is 11.8 Å². The van der Waals surface area contributed by atoms with Gasteiger partial charge in [-0.15, -0.1) is 5.10 Å². The van der Waals surface area contributed by atoms with E-state index in [0.29, 0.717) is 6.54 Å². The predicted octanol–water partition coefficient (Wildman–Crippen LogP) is 0.272. The third-order valence-electron chi connectivity index (χ3n) is 3.24. The van der Waals surface area contributed by atoms with Crippen LogP contribution in [-0.2, 0) is 6.54 Å². The predicted molar refractivity (Wildman–Crippen MR) is 68.8 cm³/mol. The number of fused-ring (bicyclic) bond motifs is 1. The summed E-state index contributed by atoms with van der Waals surface area (Å²) in [6, 6.07) is 3.91. The monoisotopic (exact) mass is 286 g/mol. The van der Waals surface area contributed by atoms with Crippen molar-refractivity contribution in [3.05, 3.63) is 47.3 Å². The Bertz CT molecular complexity index is 739. The van der Waals surface area contributed by atoms with Crippen LogP contribution >= 0.6 is 0 Å². The van der Waals surface area contributed by atoms with Crippen LogP contribution in [0.15, 0.2) is 30.6 Å². The molecule has 1 aromatic heterocycles. The zero-order valence-corrected chi connectivity index (χ0v) is 10.8. The molecule has 1 aromatic carbocycles. The lowest BCUT2D eigenvalue weighted by atomic mass is 10.1. The van der Waals surface area contributed by atoms with Crippen LogP contribution in [0.2, 0.25) is 0 Å². The number of carboxylic acid groups (broad SMARTS) is 1. The van der Waals surface area contributed by atoms with Gasteiger partial charge in [0, 0.05) is 12.7 Å². The topological polar surface area (TPSA) is 105 Å². The molecule has 0 spiro atoms. The molecule has 0 atom stereocenters. The first kappa shape index (κ1) is 13.0. The average molecular weight is 286 g/mol. The molecule has 0 saturated carbocycles. The van der Waals surface area contributed by atoms with Crippen molar-refractivity contribution in [3.63, 3.8) is 0 Å². The lowest BCUT2D eigenvalue weighted by molar-refractivity contribution is 0.0645. The second-order valence-electron chi connectivity index (χ2n) is 4.49. The van der Waals surface area contributed by atoms with Crippen LogP contribution in [0.3, 0.4) is 0 Å². The molecule has 0 unspecified atom stereocenters. The molecule has 0 bridgehead atoms. The van der Waals surface area contributed by atoms with E-state index in [0.717, 1.165) is 4.90 Å². The molecule has 2 amide bonds. The number of imide groups is 1. The van der Waals surface area contributed by atoms with E-state index in [4.69, 9.17) is 5.11 Å². The van der Waals surface area contributed by atoms with Gasteiger partial charge in [0.15, 0.2) is 0 Å². The van der Waals surface area contributed by atoms with Crippen molar-refractivity contribution >= 4 is 17.8 Å². The summed E-state index contributed by atoms with van der Waals surface area (Å²) in [6.07, 6.45) is 3.13. The molecule has 0 aliphatic carbocycles. The van der Waals surface area contributed by atoms with Crippen LogP contribution in [0.4, 0.5) is 0 Å². The van der Waals surface area contributed by atoms with E-state index < -0.39 is 17.8 Å². The lowest BCUT2D eigenvalue weighted by Gasteiger charge is -2.12. The summed E-state index contributed by atoms with van der Waals surface area (Å²) in [5.74, 6) is -2.05. The summed E-state index contributed by atoms with van der Waals surface area (Å²) >= 11 is 0. The fraction of sp³-hybridized carbons (Fsp3) is 0.154. The summed E-state index contributed by atoms with van der Waals surface area (Å²) in [6.45, 7) is 0.482. The van der Waals surface area contributed by atoms with Crippen LogP contribution in [0.25, 0.3) is 0 Å². The van der Waals surface area contributed by atoms with E-state index in [1.165, 1.54) is 29.1 Å². The minimum Gasteiger partial charge on any atom is -0.478 e. The SMILES string of the molecule is O=C(O)c1ccc2c(c1)C(=O)N(CCn1ccnn1)C2=O. The molecular weight excluding hydrogens is 276 g/mol. The number of carbonyl (C=O) groups is 3. The van der Waals surface area contributed by atoms with Crippen LogP contribution < -0.4 is 0 Å². The second-order valence-corrected chi connectivity index (χ2v) is 4.49. The Morgan fingerprint density at radius 1 is 1.14 bits per heavy atom. The minimum absolute atomic E-state index is 0.0203. The molecule has 0 saturated heterocycles. The van der Waals surface area contributed by atoms with Gasteiger partial charge in [-0.2, -0.15) is 0 Å². The summed E-state index contributed by atoms with van der Waals surface area (Å²) in [7, 11) is 0. The third kappa shape index (κ3) is 2.16. The van der Waals surface area contributed by atoms with E-state index in [-0.39, 0.29) is 23.2 Å². The van der Waals surface area contributed by atoms with E-state index in [2.05, 4.69) is 10.3 Å². The number of rotatable bonds is 4. The quantitative estimate of drug-likeness (QED) is 0.809. The van der Waals surface area contributed by atoms with Gasteiger partial charge < -0.3 is 5.11 Å². The van der Waals surface area contributed by atoms with Crippen molar-refractivity contribution < 1.29 is 19.5 Å². The maximum Gasteiger partial charge on any atom is 0.335 e. The fourth-order valence-corrected chi connectivity index (χ4v) is 2.18. The Labute approximate surface area is 118 Å². The number of amides is 2. The van der Waals surface area contributed by atoms with Gasteiger partial charge in [-0.3, -0.25) is 19.2 Å². The van der Waals surface area contributed by atoms with Crippen molar-refractivity contribution in [2.75, 3.05) is 6.54 Å². The van der Waals surface area contributed by atoms with Crippen molar-refractivity contribution in [2.45, 2.75) is 6.54 Å². The highest BCUT2D eigenvalue weighted by Crippen LogP contribution is 2.24. The summed E-state index contributed by atoms with van der Waals surface area (Å²) in [5.41, 5.74) is 0.329. The molecule has 2 heterocycles. The van der Waals surface area contributed by atoms with Crippen molar-refractivity contribution in [1.82, 2.24) is 19.9 Å². The number of benzene rings is 1. The van der Waals surface area contributed by atoms with Crippen LogP contribution in [-0.4, -0.2) is 49.3 Å². The zero-order chi connectivity index (χ0) is 15.0. The first-order chi connectivity index (χ1) is 10.1. The second kappa shape index (κ2) is 4.82. The number of aromatic carboxylic acids is 1. The highest BCUT2D eigenvalue weighted by Gasteiger charge is 2.35. The normalized spacial score (nSPS) is 13.6. The number of carbonyl (C=O) groups excluding carboxylic acids is 2. The maximum atomic E-state index is 12.2. The number of aromatic nitrogens is 3. The molecule has 1 aliphatic rings. The van der Waals surface area contributed by atoms with E-state index >= 15 is 0 Å². The highest BCUT2D eigenvalue weighted by molar-refractivity contribution is 6.21. The van der Waals surface area contributed by atoms with Gasteiger partial charge in [-0.25, -0.2) is 4.79 Å². The molecule has 3 rings (SSSR count). The van der Waals surface area contributed by atoms with E-state index in [1.54, 1.807) is 6.20 Å². The minimum atomic E-state index is -1.14. The molecule has 21 heavy (non-hydrogen) atoms.